The minimum Gasteiger partial charge on any atom is -0.494 e. The molecule has 1 atom stereocenters. The largest absolute Gasteiger partial charge is 0.494 e. The van der Waals surface area contributed by atoms with Crippen molar-refractivity contribution in [3.05, 3.63) is 52.7 Å². The Morgan fingerprint density at radius 1 is 1.24 bits per heavy atom. The Morgan fingerprint density at radius 3 is 2.72 bits per heavy atom. The van der Waals surface area contributed by atoms with Crippen LogP contribution in [-0.4, -0.2) is 37.3 Å². The van der Waals surface area contributed by atoms with E-state index in [1.807, 2.05) is 54.1 Å². The number of nitrogens with zero attached hydrogens (tertiary/aromatic N) is 1. The van der Waals surface area contributed by atoms with Gasteiger partial charge in [-0.1, -0.05) is 18.2 Å². The van der Waals surface area contributed by atoms with Gasteiger partial charge in [0.05, 0.1) is 13.2 Å². The van der Waals surface area contributed by atoms with E-state index >= 15 is 0 Å². The third-order valence-electron chi connectivity index (χ3n) is 3.66. The molecule has 0 radical (unpaired) electrons. The molecule has 0 saturated heterocycles. The second kappa shape index (κ2) is 10.1. The Balaban J connectivity index is 1.75. The lowest BCUT2D eigenvalue weighted by Gasteiger charge is -2.21. The summed E-state index contributed by atoms with van der Waals surface area (Å²) >= 11 is 1.57. The van der Waals surface area contributed by atoms with E-state index in [1.165, 1.54) is 0 Å². The summed E-state index contributed by atoms with van der Waals surface area (Å²) in [7, 11) is 0. The van der Waals surface area contributed by atoms with Crippen molar-refractivity contribution in [2.45, 2.75) is 25.9 Å². The first-order chi connectivity index (χ1) is 12.1. The molecular weight excluding hydrogens is 334 g/mol. The zero-order chi connectivity index (χ0) is 18.0. The molecule has 1 heterocycles. The van der Waals surface area contributed by atoms with Gasteiger partial charge >= 0.3 is 0 Å². The quantitative estimate of drug-likeness (QED) is 0.365. The molecular formula is C19H27N3O2S. The van der Waals surface area contributed by atoms with Crippen LogP contribution in [-0.2, 0) is 5.60 Å². The van der Waals surface area contributed by atoms with Gasteiger partial charge in [-0.05, 0) is 54.8 Å². The highest BCUT2D eigenvalue weighted by molar-refractivity contribution is 7.08. The van der Waals surface area contributed by atoms with E-state index < -0.39 is 5.60 Å². The van der Waals surface area contributed by atoms with Gasteiger partial charge in [0.15, 0.2) is 5.96 Å². The number of hydrogen-bond donors (Lipinski definition) is 3. The van der Waals surface area contributed by atoms with Crippen LogP contribution in [0.2, 0.25) is 0 Å². The van der Waals surface area contributed by atoms with Gasteiger partial charge in [0.2, 0.25) is 0 Å². The van der Waals surface area contributed by atoms with Crippen molar-refractivity contribution < 1.29 is 9.84 Å². The maximum atomic E-state index is 10.6. The van der Waals surface area contributed by atoms with Crippen LogP contribution >= 0.6 is 11.3 Å². The lowest BCUT2D eigenvalue weighted by molar-refractivity contribution is 0.0677. The fourth-order valence-electron chi connectivity index (χ4n) is 2.22. The summed E-state index contributed by atoms with van der Waals surface area (Å²) in [4.78, 5) is 4.51. The summed E-state index contributed by atoms with van der Waals surface area (Å²) in [5.74, 6) is 1.59. The second-order valence-corrected chi connectivity index (χ2v) is 6.70. The molecule has 5 nitrogen and oxygen atoms in total. The molecule has 0 aliphatic heterocycles. The molecule has 0 aliphatic rings. The topological polar surface area (TPSA) is 65.9 Å². The number of aliphatic hydroxyl groups is 1. The van der Waals surface area contributed by atoms with E-state index in [-0.39, 0.29) is 0 Å². The number of ether oxygens (including phenoxy) is 1. The Hall–Kier alpha value is -2.05. The van der Waals surface area contributed by atoms with E-state index in [9.17, 15) is 5.11 Å². The predicted octanol–water partition coefficient (Wildman–Crippen LogP) is 2.98. The van der Waals surface area contributed by atoms with Crippen LogP contribution in [0.1, 0.15) is 25.8 Å². The molecule has 0 bridgehead atoms. The molecule has 0 spiro atoms. The maximum absolute atomic E-state index is 10.6. The highest BCUT2D eigenvalue weighted by Crippen LogP contribution is 2.23. The molecule has 0 amide bonds. The van der Waals surface area contributed by atoms with E-state index in [1.54, 1.807) is 18.3 Å². The van der Waals surface area contributed by atoms with E-state index in [0.29, 0.717) is 19.1 Å². The minimum atomic E-state index is -0.960. The minimum absolute atomic E-state index is 0.305. The molecule has 136 valence electrons. The second-order valence-electron chi connectivity index (χ2n) is 5.92. The first kappa shape index (κ1) is 19.3. The zero-order valence-corrected chi connectivity index (χ0v) is 15.7. The number of thiophene rings is 1. The van der Waals surface area contributed by atoms with Crippen LogP contribution in [0.25, 0.3) is 0 Å². The van der Waals surface area contributed by atoms with Gasteiger partial charge < -0.3 is 20.5 Å². The summed E-state index contributed by atoms with van der Waals surface area (Å²) in [6.45, 7) is 6.28. The zero-order valence-electron chi connectivity index (χ0n) is 14.9. The van der Waals surface area contributed by atoms with Crippen molar-refractivity contribution in [3.63, 3.8) is 0 Å². The SMILES string of the molecule is CCNC(=NCC(C)(O)c1ccsc1)NCCCOc1ccccc1. The normalized spacial score (nSPS) is 14.0. The number of guanidine groups is 1. The van der Waals surface area contributed by atoms with Gasteiger partial charge in [0.25, 0.3) is 0 Å². The summed E-state index contributed by atoms with van der Waals surface area (Å²) < 4.78 is 5.67. The van der Waals surface area contributed by atoms with Gasteiger partial charge in [-0.25, -0.2) is 4.99 Å². The van der Waals surface area contributed by atoms with Gasteiger partial charge in [0.1, 0.15) is 11.4 Å². The van der Waals surface area contributed by atoms with Crippen LogP contribution in [0.5, 0.6) is 5.75 Å². The predicted molar refractivity (Wildman–Crippen MR) is 104 cm³/mol. The molecule has 3 N–H and O–H groups in total. The highest BCUT2D eigenvalue weighted by Gasteiger charge is 2.23. The number of rotatable bonds is 9. The molecule has 0 saturated carbocycles. The lowest BCUT2D eigenvalue weighted by Crippen LogP contribution is -2.39. The van der Waals surface area contributed by atoms with Crippen molar-refractivity contribution in [1.82, 2.24) is 10.6 Å². The first-order valence-corrected chi connectivity index (χ1v) is 9.51. The monoisotopic (exact) mass is 361 g/mol. The summed E-state index contributed by atoms with van der Waals surface area (Å²) in [5.41, 5.74) is -0.0629. The molecule has 1 aromatic carbocycles. The molecule has 1 aromatic heterocycles. The Morgan fingerprint density at radius 2 is 2.04 bits per heavy atom. The molecule has 2 aromatic rings. The average Bonchev–Trinajstić information content (AvgIpc) is 3.16. The Kier molecular flexibility index (Phi) is 7.76. The Labute approximate surface area is 153 Å². The Bertz CT molecular complexity index is 627. The fraction of sp³-hybridized carbons (Fsp3) is 0.421. The fourth-order valence-corrected chi connectivity index (χ4v) is 3.01. The summed E-state index contributed by atoms with van der Waals surface area (Å²) in [5, 5.41) is 20.9. The van der Waals surface area contributed by atoms with E-state index in [4.69, 9.17) is 4.74 Å². The third kappa shape index (κ3) is 6.76. The standard InChI is InChI=1S/C19H27N3O2S/c1-3-20-18(22-15-19(2,23)16-10-13-25-14-16)21-11-7-12-24-17-8-5-4-6-9-17/h4-6,8-10,13-14,23H,3,7,11-12,15H2,1-2H3,(H2,20,21,22). The molecule has 0 fully saturated rings. The molecule has 0 aliphatic carbocycles. The molecule has 1 unspecified atom stereocenters. The number of hydrogen-bond acceptors (Lipinski definition) is 4. The van der Waals surface area contributed by atoms with Crippen LogP contribution < -0.4 is 15.4 Å². The summed E-state index contributed by atoms with van der Waals surface area (Å²) in [6, 6.07) is 11.7. The van der Waals surface area contributed by atoms with E-state index in [2.05, 4.69) is 15.6 Å². The van der Waals surface area contributed by atoms with Crippen molar-refractivity contribution in [2.24, 2.45) is 4.99 Å². The van der Waals surface area contributed by atoms with Crippen molar-refractivity contribution in [3.8, 4) is 5.75 Å². The van der Waals surface area contributed by atoms with Crippen molar-refractivity contribution in [1.29, 1.82) is 0 Å². The van der Waals surface area contributed by atoms with Crippen LogP contribution in [0.15, 0.2) is 52.2 Å². The van der Waals surface area contributed by atoms with Gasteiger partial charge in [0, 0.05) is 13.1 Å². The van der Waals surface area contributed by atoms with Gasteiger partial charge in [-0.3, -0.25) is 0 Å². The van der Waals surface area contributed by atoms with Gasteiger partial charge in [-0.2, -0.15) is 11.3 Å². The number of benzene rings is 1. The van der Waals surface area contributed by atoms with Crippen LogP contribution in [0.3, 0.4) is 0 Å². The van der Waals surface area contributed by atoms with Crippen molar-refractivity contribution in [2.75, 3.05) is 26.2 Å². The lowest BCUT2D eigenvalue weighted by atomic mass is 10.00. The average molecular weight is 362 g/mol. The molecule has 6 heteroatoms. The first-order valence-electron chi connectivity index (χ1n) is 8.57. The number of nitrogens with one attached hydrogen (secondary N) is 2. The smallest absolute Gasteiger partial charge is 0.191 e. The third-order valence-corrected chi connectivity index (χ3v) is 4.34. The maximum Gasteiger partial charge on any atom is 0.191 e. The van der Waals surface area contributed by atoms with Gasteiger partial charge in [-0.15, -0.1) is 0 Å². The summed E-state index contributed by atoms with van der Waals surface area (Å²) in [6.07, 6.45) is 0.861. The number of para-hydroxylation sites is 1. The van der Waals surface area contributed by atoms with Crippen LogP contribution in [0, 0.1) is 0 Å². The highest BCUT2D eigenvalue weighted by atomic mass is 32.1. The van der Waals surface area contributed by atoms with E-state index in [0.717, 1.165) is 30.8 Å². The number of aliphatic imine (C=N–C) groups is 1. The van der Waals surface area contributed by atoms with Crippen LogP contribution in [0.4, 0.5) is 0 Å². The molecule has 25 heavy (non-hydrogen) atoms. The molecule has 2 rings (SSSR count). The van der Waals surface area contributed by atoms with Crippen molar-refractivity contribution >= 4 is 17.3 Å².